The number of rotatable bonds is 7. The molecular formula is C26H35N3O2. The van der Waals surface area contributed by atoms with E-state index in [4.69, 9.17) is 4.74 Å². The fraction of sp³-hybridized carbons (Fsp3) is 0.500. The van der Waals surface area contributed by atoms with Crippen molar-refractivity contribution < 1.29 is 9.53 Å². The Labute approximate surface area is 186 Å². The van der Waals surface area contributed by atoms with Gasteiger partial charge < -0.3 is 10.1 Å². The number of carbonyl (C=O) groups excluding carboxylic acids is 1. The van der Waals surface area contributed by atoms with Crippen LogP contribution in [-0.2, 0) is 17.8 Å². The van der Waals surface area contributed by atoms with Crippen LogP contribution in [0.5, 0.6) is 5.75 Å². The summed E-state index contributed by atoms with van der Waals surface area (Å²) in [6, 6.07) is 14.6. The number of ether oxygens (including phenoxy) is 1. The molecule has 5 heteroatoms. The van der Waals surface area contributed by atoms with E-state index in [1.165, 1.54) is 16.7 Å². The van der Waals surface area contributed by atoms with Gasteiger partial charge in [-0.25, -0.2) is 0 Å². The molecule has 1 N–H and O–H groups in total. The maximum atomic E-state index is 13.0. The molecule has 2 aliphatic heterocycles. The monoisotopic (exact) mass is 421 g/mol. The number of carbonyl (C=O) groups is 1. The largest absolute Gasteiger partial charge is 0.493 e. The normalized spacial score (nSPS) is 18.8. The van der Waals surface area contributed by atoms with Gasteiger partial charge in [-0.2, -0.15) is 0 Å². The van der Waals surface area contributed by atoms with Gasteiger partial charge in [0.05, 0.1) is 12.6 Å². The Hall–Kier alpha value is -2.37. The second-order valence-electron chi connectivity index (χ2n) is 8.91. The summed E-state index contributed by atoms with van der Waals surface area (Å²) in [5.74, 6) is 1.56. The first kappa shape index (κ1) is 21.8. The lowest BCUT2D eigenvalue weighted by Gasteiger charge is -2.37. The Morgan fingerprint density at radius 2 is 1.87 bits per heavy atom. The molecule has 1 amide bonds. The second-order valence-corrected chi connectivity index (χ2v) is 8.91. The van der Waals surface area contributed by atoms with Gasteiger partial charge in [0.25, 0.3) is 0 Å². The van der Waals surface area contributed by atoms with E-state index in [1.54, 1.807) is 0 Å². The van der Waals surface area contributed by atoms with Gasteiger partial charge in [-0.3, -0.25) is 14.6 Å². The van der Waals surface area contributed by atoms with E-state index >= 15 is 0 Å². The SMILES string of the molecule is CC[C@@H](C)c1ccccc1NC(=O)[C@H](C)N1CCN(Cc2ccc3c(c2)CCO3)CC1. The molecule has 5 nitrogen and oxygen atoms in total. The molecular weight excluding hydrogens is 386 g/mol. The molecule has 0 saturated carbocycles. The van der Waals surface area contributed by atoms with Crippen LogP contribution in [0.3, 0.4) is 0 Å². The maximum absolute atomic E-state index is 13.0. The first-order valence-corrected chi connectivity index (χ1v) is 11.7. The summed E-state index contributed by atoms with van der Waals surface area (Å²) in [6.45, 7) is 12.0. The standard InChI is InChI=1S/C26H35N3O2/c1-4-19(2)23-7-5-6-8-24(23)27-26(30)20(3)29-14-12-28(13-15-29)18-21-9-10-25-22(17-21)11-16-31-25/h5-10,17,19-20H,4,11-16,18H2,1-3H3,(H,27,30)/t19-,20+/m1/s1. The van der Waals surface area contributed by atoms with Crippen molar-refractivity contribution in [2.24, 2.45) is 0 Å². The number of nitrogens with zero attached hydrogens (tertiary/aromatic N) is 2. The van der Waals surface area contributed by atoms with E-state index in [-0.39, 0.29) is 11.9 Å². The van der Waals surface area contributed by atoms with Crippen LogP contribution in [0.4, 0.5) is 5.69 Å². The van der Waals surface area contributed by atoms with Crippen molar-refractivity contribution in [1.82, 2.24) is 9.80 Å². The third-order valence-corrected chi connectivity index (χ3v) is 6.86. The van der Waals surface area contributed by atoms with E-state index in [0.717, 1.165) is 63.6 Å². The number of para-hydroxylation sites is 1. The summed E-state index contributed by atoms with van der Waals surface area (Å²) in [6.07, 6.45) is 2.07. The lowest BCUT2D eigenvalue weighted by Crippen LogP contribution is -2.52. The number of amides is 1. The zero-order valence-electron chi connectivity index (χ0n) is 19.1. The third kappa shape index (κ3) is 5.10. The van der Waals surface area contributed by atoms with Gasteiger partial charge in [-0.1, -0.05) is 44.2 Å². The van der Waals surface area contributed by atoms with Gasteiger partial charge in [-0.15, -0.1) is 0 Å². The highest BCUT2D eigenvalue weighted by Gasteiger charge is 2.26. The summed E-state index contributed by atoms with van der Waals surface area (Å²) < 4.78 is 5.62. The number of fused-ring (bicyclic) bond motifs is 1. The number of piperazine rings is 1. The van der Waals surface area contributed by atoms with Gasteiger partial charge >= 0.3 is 0 Å². The number of anilines is 1. The van der Waals surface area contributed by atoms with Crippen LogP contribution in [0.1, 0.15) is 49.8 Å². The molecule has 0 radical (unpaired) electrons. The summed E-state index contributed by atoms with van der Waals surface area (Å²) in [5, 5.41) is 3.19. The average Bonchev–Trinajstić information content (AvgIpc) is 3.27. The van der Waals surface area contributed by atoms with Crippen LogP contribution in [0.15, 0.2) is 42.5 Å². The predicted molar refractivity (Wildman–Crippen MR) is 126 cm³/mol. The second kappa shape index (κ2) is 9.84. The Morgan fingerprint density at radius 1 is 1.10 bits per heavy atom. The van der Waals surface area contributed by atoms with E-state index in [2.05, 4.69) is 53.2 Å². The minimum atomic E-state index is -0.135. The first-order valence-electron chi connectivity index (χ1n) is 11.7. The van der Waals surface area contributed by atoms with Crippen LogP contribution in [0.2, 0.25) is 0 Å². The summed E-state index contributed by atoms with van der Waals surface area (Å²) in [4.78, 5) is 17.8. The zero-order chi connectivity index (χ0) is 21.8. The minimum absolute atomic E-state index is 0.0859. The van der Waals surface area contributed by atoms with Crippen molar-refractivity contribution in [2.45, 2.75) is 52.1 Å². The number of benzene rings is 2. The maximum Gasteiger partial charge on any atom is 0.241 e. The smallest absolute Gasteiger partial charge is 0.241 e. The molecule has 0 unspecified atom stereocenters. The van der Waals surface area contributed by atoms with Gasteiger partial charge in [0, 0.05) is 44.8 Å². The first-order chi connectivity index (χ1) is 15.0. The van der Waals surface area contributed by atoms with Crippen molar-refractivity contribution in [3.63, 3.8) is 0 Å². The zero-order valence-corrected chi connectivity index (χ0v) is 19.1. The van der Waals surface area contributed by atoms with Crippen LogP contribution in [-0.4, -0.2) is 54.5 Å². The molecule has 31 heavy (non-hydrogen) atoms. The number of nitrogens with one attached hydrogen (secondary N) is 1. The van der Waals surface area contributed by atoms with Gasteiger partial charge in [0.15, 0.2) is 0 Å². The third-order valence-electron chi connectivity index (χ3n) is 6.86. The molecule has 0 bridgehead atoms. The highest BCUT2D eigenvalue weighted by atomic mass is 16.5. The lowest BCUT2D eigenvalue weighted by molar-refractivity contribution is -0.121. The van der Waals surface area contributed by atoms with Crippen molar-refractivity contribution in [1.29, 1.82) is 0 Å². The summed E-state index contributed by atoms with van der Waals surface area (Å²) in [5.41, 5.74) is 4.85. The Morgan fingerprint density at radius 3 is 2.65 bits per heavy atom. The Kier molecular flexibility index (Phi) is 6.93. The summed E-state index contributed by atoms with van der Waals surface area (Å²) >= 11 is 0. The molecule has 1 saturated heterocycles. The van der Waals surface area contributed by atoms with Crippen molar-refractivity contribution in [3.8, 4) is 5.75 Å². The molecule has 4 rings (SSSR count). The van der Waals surface area contributed by atoms with E-state index in [1.807, 2.05) is 25.1 Å². The fourth-order valence-electron chi connectivity index (χ4n) is 4.57. The van der Waals surface area contributed by atoms with Crippen molar-refractivity contribution in [3.05, 3.63) is 59.2 Å². The Bertz CT molecular complexity index is 905. The average molecular weight is 422 g/mol. The molecule has 1 fully saturated rings. The predicted octanol–water partition coefficient (Wildman–Crippen LogP) is 4.28. The summed E-state index contributed by atoms with van der Waals surface area (Å²) in [7, 11) is 0. The van der Waals surface area contributed by atoms with E-state index in [0.29, 0.717) is 5.92 Å². The van der Waals surface area contributed by atoms with Crippen molar-refractivity contribution in [2.75, 3.05) is 38.1 Å². The van der Waals surface area contributed by atoms with Crippen LogP contribution in [0.25, 0.3) is 0 Å². The Balaban J connectivity index is 1.30. The highest BCUT2D eigenvalue weighted by molar-refractivity contribution is 5.95. The lowest BCUT2D eigenvalue weighted by atomic mass is 9.97. The van der Waals surface area contributed by atoms with Crippen molar-refractivity contribution >= 4 is 11.6 Å². The molecule has 2 aromatic carbocycles. The molecule has 2 heterocycles. The molecule has 2 atom stereocenters. The highest BCUT2D eigenvalue weighted by Crippen LogP contribution is 2.28. The molecule has 166 valence electrons. The molecule has 0 aliphatic carbocycles. The van der Waals surface area contributed by atoms with Gasteiger partial charge in [0.2, 0.25) is 5.91 Å². The van der Waals surface area contributed by atoms with Crippen LogP contribution < -0.4 is 10.1 Å². The van der Waals surface area contributed by atoms with E-state index < -0.39 is 0 Å². The quantitative estimate of drug-likeness (QED) is 0.725. The van der Waals surface area contributed by atoms with Crippen LogP contribution in [0, 0.1) is 0 Å². The molecule has 0 spiro atoms. The number of hydrogen-bond donors (Lipinski definition) is 1. The molecule has 0 aromatic heterocycles. The fourth-order valence-corrected chi connectivity index (χ4v) is 4.57. The van der Waals surface area contributed by atoms with Gasteiger partial charge in [-0.05, 0) is 48.1 Å². The van der Waals surface area contributed by atoms with E-state index in [9.17, 15) is 4.79 Å². The molecule has 2 aromatic rings. The minimum Gasteiger partial charge on any atom is -0.493 e. The number of hydrogen-bond acceptors (Lipinski definition) is 4. The topological polar surface area (TPSA) is 44.8 Å². The molecule has 2 aliphatic rings. The van der Waals surface area contributed by atoms with Crippen LogP contribution >= 0.6 is 0 Å². The van der Waals surface area contributed by atoms with Gasteiger partial charge in [0.1, 0.15) is 5.75 Å².